The zero-order chi connectivity index (χ0) is 14.6. The molecule has 10 heteroatoms. The number of carbonyl (C=O) groups is 2. The number of methoxy groups -OCH3 is 1. The SMILES string of the molecule is COC(=O)CCS(=O)(=O)Nc1snc(C)c1C(=O)O. The van der Waals surface area contributed by atoms with Gasteiger partial charge in [-0.15, -0.1) is 0 Å². The number of anilines is 1. The lowest BCUT2D eigenvalue weighted by atomic mass is 10.2. The van der Waals surface area contributed by atoms with E-state index in [0.717, 1.165) is 18.6 Å². The summed E-state index contributed by atoms with van der Waals surface area (Å²) in [6.45, 7) is 1.46. The van der Waals surface area contributed by atoms with Crippen LogP contribution >= 0.6 is 11.5 Å². The number of hydrogen-bond donors (Lipinski definition) is 2. The molecule has 0 atom stereocenters. The normalized spacial score (nSPS) is 11.1. The number of aromatic carboxylic acids is 1. The number of esters is 1. The summed E-state index contributed by atoms with van der Waals surface area (Å²) >= 11 is 0.734. The van der Waals surface area contributed by atoms with Crippen LogP contribution in [0.25, 0.3) is 0 Å². The van der Waals surface area contributed by atoms with Gasteiger partial charge in [-0.1, -0.05) is 0 Å². The molecule has 0 aromatic carbocycles. The summed E-state index contributed by atoms with van der Waals surface area (Å²) < 4.78 is 33.6. The molecule has 0 unspecified atom stereocenters. The third-order valence-electron chi connectivity index (χ3n) is 2.13. The number of ether oxygens (including phenoxy) is 1. The van der Waals surface area contributed by atoms with Crippen LogP contribution in [0.2, 0.25) is 0 Å². The van der Waals surface area contributed by atoms with Gasteiger partial charge in [-0.2, -0.15) is 4.37 Å². The third kappa shape index (κ3) is 4.17. The fourth-order valence-corrected chi connectivity index (χ4v) is 3.30. The van der Waals surface area contributed by atoms with E-state index in [2.05, 4.69) is 13.8 Å². The third-order valence-corrected chi connectivity index (χ3v) is 4.37. The van der Waals surface area contributed by atoms with Gasteiger partial charge in [0.25, 0.3) is 0 Å². The van der Waals surface area contributed by atoms with Crippen LogP contribution in [0.3, 0.4) is 0 Å². The number of nitrogens with one attached hydrogen (secondary N) is 1. The van der Waals surface area contributed by atoms with Gasteiger partial charge in [0.1, 0.15) is 10.6 Å². The van der Waals surface area contributed by atoms with Crippen LogP contribution in [0, 0.1) is 6.92 Å². The molecule has 0 saturated carbocycles. The molecule has 1 rings (SSSR count). The van der Waals surface area contributed by atoms with Gasteiger partial charge >= 0.3 is 11.9 Å². The van der Waals surface area contributed by atoms with Crippen molar-refractivity contribution in [1.29, 1.82) is 0 Å². The minimum atomic E-state index is -3.83. The van der Waals surface area contributed by atoms with Crippen LogP contribution in [0.5, 0.6) is 0 Å². The quantitative estimate of drug-likeness (QED) is 0.731. The monoisotopic (exact) mass is 308 g/mol. The molecule has 0 saturated heterocycles. The molecule has 8 nitrogen and oxygen atoms in total. The van der Waals surface area contributed by atoms with E-state index in [1.807, 2.05) is 0 Å². The van der Waals surface area contributed by atoms with Gasteiger partial charge in [-0.05, 0) is 18.5 Å². The lowest BCUT2D eigenvalue weighted by molar-refractivity contribution is -0.140. The summed E-state index contributed by atoms with van der Waals surface area (Å²) in [6, 6.07) is 0. The van der Waals surface area contributed by atoms with Crippen molar-refractivity contribution < 1.29 is 27.9 Å². The Morgan fingerprint density at radius 1 is 1.47 bits per heavy atom. The lowest BCUT2D eigenvalue weighted by Crippen LogP contribution is -2.20. The molecule has 106 valence electrons. The summed E-state index contributed by atoms with van der Waals surface area (Å²) in [4.78, 5) is 21.8. The number of aryl methyl sites for hydroxylation is 1. The van der Waals surface area contributed by atoms with Crippen molar-refractivity contribution in [1.82, 2.24) is 4.37 Å². The summed E-state index contributed by atoms with van der Waals surface area (Å²) in [7, 11) is -2.68. The maximum absolute atomic E-state index is 11.7. The number of carbonyl (C=O) groups excluding carboxylic acids is 1. The molecule has 0 amide bonds. The molecular formula is C9H12N2O6S2. The predicted molar refractivity (Wildman–Crippen MR) is 67.9 cm³/mol. The van der Waals surface area contributed by atoms with Gasteiger partial charge < -0.3 is 9.84 Å². The highest BCUT2D eigenvalue weighted by molar-refractivity contribution is 7.92. The van der Waals surface area contributed by atoms with Crippen molar-refractivity contribution in [2.75, 3.05) is 17.6 Å². The molecular weight excluding hydrogens is 296 g/mol. The van der Waals surface area contributed by atoms with Crippen molar-refractivity contribution >= 4 is 38.5 Å². The minimum Gasteiger partial charge on any atom is -0.478 e. The Balaban J connectivity index is 2.84. The van der Waals surface area contributed by atoms with Gasteiger partial charge in [0.05, 0.1) is 25.0 Å². The highest BCUT2D eigenvalue weighted by Gasteiger charge is 2.22. The van der Waals surface area contributed by atoms with E-state index in [9.17, 15) is 18.0 Å². The molecule has 0 spiro atoms. The maximum Gasteiger partial charge on any atom is 0.340 e. The molecule has 0 fully saturated rings. The Morgan fingerprint density at radius 3 is 2.63 bits per heavy atom. The van der Waals surface area contributed by atoms with E-state index in [0.29, 0.717) is 0 Å². The molecule has 1 aromatic heterocycles. The predicted octanol–water partition coefficient (Wildman–Crippen LogP) is 0.455. The number of aromatic nitrogens is 1. The van der Waals surface area contributed by atoms with Crippen LogP contribution in [-0.4, -0.2) is 42.7 Å². The van der Waals surface area contributed by atoms with Crippen molar-refractivity contribution in [2.24, 2.45) is 0 Å². The average molecular weight is 308 g/mol. The zero-order valence-electron chi connectivity index (χ0n) is 10.2. The average Bonchev–Trinajstić information content (AvgIpc) is 2.66. The number of nitrogens with zero attached hydrogens (tertiary/aromatic N) is 1. The molecule has 0 aliphatic heterocycles. The Bertz CT molecular complexity index is 592. The first-order chi connectivity index (χ1) is 8.76. The van der Waals surface area contributed by atoms with Crippen LogP contribution in [0.1, 0.15) is 22.5 Å². The molecule has 0 bridgehead atoms. The van der Waals surface area contributed by atoms with Crippen LogP contribution < -0.4 is 4.72 Å². The first-order valence-corrected chi connectivity index (χ1v) is 7.46. The molecule has 1 heterocycles. The second-order valence-corrected chi connectivity index (χ2v) is 6.14. The minimum absolute atomic E-state index is 0.0742. The second kappa shape index (κ2) is 5.97. The van der Waals surface area contributed by atoms with E-state index in [4.69, 9.17) is 5.11 Å². The van der Waals surface area contributed by atoms with Crippen molar-refractivity contribution in [3.05, 3.63) is 11.3 Å². The van der Waals surface area contributed by atoms with Crippen molar-refractivity contribution in [3.8, 4) is 0 Å². The molecule has 19 heavy (non-hydrogen) atoms. The maximum atomic E-state index is 11.7. The summed E-state index contributed by atoms with van der Waals surface area (Å²) in [5.41, 5.74) is 0.0369. The number of rotatable bonds is 6. The first kappa shape index (κ1) is 15.4. The summed E-state index contributed by atoms with van der Waals surface area (Å²) in [5.74, 6) is -2.42. The smallest absolute Gasteiger partial charge is 0.340 e. The van der Waals surface area contributed by atoms with E-state index in [1.54, 1.807) is 0 Å². The lowest BCUT2D eigenvalue weighted by Gasteiger charge is -2.06. The van der Waals surface area contributed by atoms with E-state index < -0.39 is 27.7 Å². The van der Waals surface area contributed by atoms with E-state index in [-0.39, 0.29) is 22.7 Å². The standard InChI is InChI=1S/C9H12N2O6S2/c1-5-7(9(13)14)8(18-10-5)11-19(15,16)4-3-6(12)17-2/h11H,3-4H2,1-2H3,(H,13,14). The van der Waals surface area contributed by atoms with Gasteiger partial charge in [0.2, 0.25) is 10.0 Å². The Morgan fingerprint density at radius 2 is 2.11 bits per heavy atom. The van der Waals surface area contributed by atoms with Gasteiger partial charge in [-0.25, -0.2) is 13.2 Å². The van der Waals surface area contributed by atoms with Gasteiger partial charge in [-0.3, -0.25) is 9.52 Å². The largest absolute Gasteiger partial charge is 0.478 e. The van der Waals surface area contributed by atoms with Gasteiger partial charge in [0, 0.05) is 0 Å². The van der Waals surface area contributed by atoms with Crippen molar-refractivity contribution in [2.45, 2.75) is 13.3 Å². The summed E-state index contributed by atoms with van der Waals surface area (Å²) in [5, 5.41) is 8.87. The Labute approximate surface area is 113 Å². The number of hydrogen-bond acceptors (Lipinski definition) is 7. The summed E-state index contributed by atoms with van der Waals surface area (Å²) in [6.07, 6.45) is -0.313. The van der Waals surface area contributed by atoms with Crippen molar-refractivity contribution in [3.63, 3.8) is 0 Å². The number of carboxylic acids is 1. The molecule has 0 aliphatic rings. The van der Waals surface area contributed by atoms with Gasteiger partial charge in [0.15, 0.2) is 0 Å². The molecule has 0 aliphatic carbocycles. The molecule has 0 radical (unpaired) electrons. The van der Waals surface area contributed by atoms with Crippen LogP contribution in [0.4, 0.5) is 5.00 Å². The van der Waals surface area contributed by atoms with Crippen LogP contribution in [-0.2, 0) is 19.6 Å². The highest BCUT2D eigenvalue weighted by atomic mass is 32.2. The van der Waals surface area contributed by atoms with Crippen LogP contribution in [0.15, 0.2) is 0 Å². The molecule has 2 N–H and O–H groups in total. The second-order valence-electron chi connectivity index (χ2n) is 3.52. The number of carboxylic acid groups (broad SMARTS) is 1. The highest BCUT2D eigenvalue weighted by Crippen LogP contribution is 2.25. The fraction of sp³-hybridized carbons (Fsp3) is 0.444. The number of sulfonamides is 1. The molecule has 1 aromatic rings. The van der Waals surface area contributed by atoms with E-state index in [1.165, 1.54) is 6.92 Å². The zero-order valence-corrected chi connectivity index (χ0v) is 11.8. The van der Waals surface area contributed by atoms with E-state index >= 15 is 0 Å². The Hall–Kier alpha value is -1.68. The first-order valence-electron chi connectivity index (χ1n) is 5.03. The Kier molecular flexibility index (Phi) is 4.84. The fourth-order valence-electron chi connectivity index (χ4n) is 1.20. The topological polar surface area (TPSA) is 123 Å².